The Bertz CT molecular complexity index is 719. The number of aryl methyl sites for hydroxylation is 1. The zero-order valence-electron chi connectivity index (χ0n) is 12.5. The van der Waals surface area contributed by atoms with Crippen LogP contribution in [-0.4, -0.2) is 27.1 Å². The van der Waals surface area contributed by atoms with Crippen molar-refractivity contribution in [3.8, 4) is 17.2 Å². The summed E-state index contributed by atoms with van der Waals surface area (Å²) in [5, 5.41) is 1.80. The van der Waals surface area contributed by atoms with Crippen LogP contribution in [0.5, 0.6) is 17.2 Å². The Morgan fingerprint density at radius 2 is 1.76 bits per heavy atom. The van der Waals surface area contributed by atoms with Gasteiger partial charge in [0.15, 0.2) is 5.78 Å². The highest BCUT2D eigenvalue weighted by atomic mass is 16.5. The van der Waals surface area contributed by atoms with Crippen LogP contribution in [0.1, 0.15) is 28.8 Å². The summed E-state index contributed by atoms with van der Waals surface area (Å²) in [7, 11) is 4.83. The highest BCUT2D eigenvalue weighted by Gasteiger charge is 2.25. The van der Waals surface area contributed by atoms with E-state index >= 15 is 0 Å². The topological polar surface area (TPSA) is 44.8 Å². The van der Waals surface area contributed by atoms with Crippen molar-refractivity contribution in [3.63, 3.8) is 0 Å². The predicted octanol–water partition coefficient (Wildman–Crippen LogP) is 3.38. The summed E-state index contributed by atoms with van der Waals surface area (Å²) in [6.45, 7) is 0. The molecule has 0 amide bonds. The van der Waals surface area contributed by atoms with E-state index in [0.29, 0.717) is 23.5 Å². The smallest absolute Gasteiger partial charge is 0.166 e. The molecule has 0 N–H and O–H groups in total. The van der Waals surface area contributed by atoms with Gasteiger partial charge in [-0.1, -0.05) is 0 Å². The van der Waals surface area contributed by atoms with Crippen molar-refractivity contribution in [1.82, 2.24) is 0 Å². The van der Waals surface area contributed by atoms with Crippen LogP contribution in [0.3, 0.4) is 0 Å². The van der Waals surface area contributed by atoms with Crippen LogP contribution >= 0.6 is 0 Å². The molecule has 0 aromatic heterocycles. The van der Waals surface area contributed by atoms with Crippen molar-refractivity contribution in [1.29, 1.82) is 0 Å². The lowest BCUT2D eigenvalue weighted by atomic mass is 9.87. The monoisotopic (exact) mass is 286 g/mol. The number of hydrogen-bond acceptors (Lipinski definition) is 4. The molecule has 1 aliphatic rings. The molecule has 21 heavy (non-hydrogen) atoms. The van der Waals surface area contributed by atoms with Gasteiger partial charge in [0.05, 0.1) is 32.3 Å². The molecule has 1 aliphatic carbocycles. The van der Waals surface area contributed by atoms with Crippen LogP contribution in [0.2, 0.25) is 0 Å². The number of methoxy groups -OCH3 is 3. The molecule has 0 heterocycles. The van der Waals surface area contributed by atoms with E-state index in [4.69, 9.17) is 14.2 Å². The third-order valence-electron chi connectivity index (χ3n) is 4.00. The molecule has 0 bridgehead atoms. The lowest BCUT2D eigenvalue weighted by Gasteiger charge is -2.21. The van der Waals surface area contributed by atoms with Crippen molar-refractivity contribution in [3.05, 3.63) is 29.3 Å². The van der Waals surface area contributed by atoms with Gasteiger partial charge in [-0.05, 0) is 35.9 Å². The van der Waals surface area contributed by atoms with Crippen molar-refractivity contribution in [2.75, 3.05) is 21.3 Å². The summed E-state index contributed by atoms with van der Waals surface area (Å²) in [5.74, 6) is 2.14. The Labute approximate surface area is 123 Å². The number of hydrogen-bond donors (Lipinski definition) is 0. The van der Waals surface area contributed by atoms with E-state index in [0.717, 1.165) is 34.9 Å². The molecule has 0 spiro atoms. The van der Waals surface area contributed by atoms with Crippen molar-refractivity contribution >= 4 is 16.6 Å². The van der Waals surface area contributed by atoms with Crippen LogP contribution in [0.15, 0.2) is 18.2 Å². The maximum Gasteiger partial charge on any atom is 0.166 e. The van der Waals surface area contributed by atoms with Gasteiger partial charge in [-0.15, -0.1) is 0 Å². The molecule has 0 atom stereocenters. The van der Waals surface area contributed by atoms with Crippen LogP contribution in [0.25, 0.3) is 10.8 Å². The summed E-state index contributed by atoms with van der Waals surface area (Å²) in [6, 6.07) is 5.81. The summed E-state index contributed by atoms with van der Waals surface area (Å²) in [5.41, 5.74) is 1.76. The first-order valence-electron chi connectivity index (χ1n) is 6.98. The normalized spacial score (nSPS) is 14.0. The third-order valence-corrected chi connectivity index (χ3v) is 4.00. The molecule has 0 saturated heterocycles. The zero-order valence-corrected chi connectivity index (χ0v) is 12.5. The van der Waals surface area contributed by atoms with E-state index in [2.05, 4.69) is 6.07 Å². The minimum absolute atomic E-state index is 0.146. The highest BCUT2D eigenvalue weighted by molar-refractivity contribution is 6.09. The predicted molar refractivity (Wildman–Crippen MR) is 80.9 cm³/mol. The quantitative estimate of drug-likeness (QED) is 0.867. The van der Waals surface area contributed by atoms with Crippen LogP contribution in [0.4, 0.5) is 0 Å². The van der Waals surface area contributed by atoms with E-state index in [1.54, 1.807) is 21.3 Å². The Morgan fingerprint density at radius 1 is 0.952 bits per heavy atom. The van der Waals surface area contributed by atoms with Crippen LogP contribution in [0, 0.1) is 0 Å². The molecular weight excluding hydrogens is 268 g/mol. The summed E-state index contributed by atoms with van der Waals surface area (Å²) in [4.78, 5) is 12.3. The molecule has 0 radical (unpaired) electrons. The molecule has 0 fully saturated rings. The molecule has 2 aromatic rings. The fraction of sp³-hybridized carbons (Fsp3) is 0.353. The van der Waals surface area contributed by atoms with E-state index in [9.17, 15) is 4.79 Å². The van der Waals surface area contributed by atoms with Gasteiger partial charge < -0.3 is 14.2 Å². The van der Waals surface area contributed by atoms with E-state index in [-0.39, 0.29) is 5.78 Å². The third kappa shape index (κ3) is 2.11. The van der Waals surface area contributed by atoms with Crippen LogP contribution < -0.4 is 14.2 Å². The lowest BCUT2D eigenvalue weighted by molar-refractivity contribution is 0.0969. The van der Waals surface area contributed by atoms with E-state index < -0.39 is 0 Å². The van der Waals surface area contributed by atoms with E-state index in [1.165, 1.54) is 0 Å². The minimum atomic E-state index is 0.146. The number of carbonyl (C=O) groups excluding carboxylic acids is 1. The Morgan fingerprint density at radius 3 is 2.43 bits per heavy atom. The summed E-state index contributed by atoms with van der Waals surface area (Å²) >= 11 is 0. The Hall–Kier alpha value is -2.23. The van der Waals surface area contributed by atoms with E-state index in [1.807, 2.05) is 12.1 Å². The lowest BCUT2D eigenvalue weighted by Crippen LogP contribution is -2.13. The van der Waals surface area contributed by atoms with Gasteiger partial charge in [0.1, 0.15) is 17.2 Å². The molecule has 2 aromatic carbocycles. The molecular formula is C17H18O4. The maximum atomic E-state index is 12.3. The number of ketones is 1. The standard InChI is InChI=1S/C17H18O4/c1-19-12-8-11-7-10-5-4-6-13(18)15(10)17(21-3)16(11)14(9-12)20-2/h7-9H,4-6H2,1-3H3. The largest absolute Gasteiger partial charge is 0.497 e. The first-order chi connectivity index (χ1) is 10.2. The van der Waals surface area contributed by atoms with Gasteiger partial charge in [0.2, 0.25) is 0 Å². The van der Waals surface area contributed by atoms with Crippen molar-refractivity contribution in [2.45, 2.75) is 19.3 Å². The van der Waals surface area contributed by atoms with Gasteiger partial charge in [-0.3, -0.25) is 4.79 Å². The second-order valence-electron chi connectivity index (χ2n) is 5.15. The van der Waals surface area contributed by atoms with Gasteiger partial charge in [0.25, 0.3) is 0 Å². The van der Waals surface area contributed by atoms with Crippen molar-refractivity contribution < 1.29 is 19.0 Å². The SMILES string of the molecule is COc1cc(OC)c2c(OC)c3c(cc2c1)CCCC3=O. The Balaban J connectivity index is 2.41. The Kier molecular flexibility index (Phi) is 3.45. The molecule has 4 nitrogen and oxygen atoms in total. The zero-order chi connectivity index (χ0) is 15.0. The minimum Gasteiger partial charge on any atom is -0.497 e. The highest BCUT2D eigenvalue weighted by Crippen LogP contribution is 2.43. The summed E-state index contributed by atoms with van der Waals surface area (Å²) < 4.78 is 16.4. The second-order valence-corrected chi connectivity index (χ2v) is 5.15. The van der Waals surface area contributed by atoms with Gasteiger partial charge >= 0.3 is 0 Å². The molecule has 4 heteroatoms. The fourth-order valence-electron chi connectivity index (χ4n) is 3.05. The maximum absolute atomic E-state index is 12.3. The van der Waals surface area contributed by atoms with Crippen LogP contribution in [-0.2, 0) is 6.42 Å². The fourth-order valence-corrected chi connectivity index (χ4v) is 3.05. The number of carbonyl (C=O) groups is 1. The first-order valence-corrected chi connectivity index (χ1v) is 6.98. The molecule has 0 aliphatic heterocycles. The number of rotatable bonds is 3. The van der Waals surface area contributed by atoms with Gasteiger partial charge in [0, 0.05) is 12.5 Å². The first kappa shape index (κ1) is 13.7. The van der Waals surface area contributed by atoms with Gasteiger partial charge in [-0.2, -0.15) is 0 Å². The van der Waals surface area contributed by atoms with Crippen molar-refractivity contribution in [2.24, 2.45) is 0 Å². The van der Waals surface area contributed by atoms with Gasteiger partial charge in [-0.25, -0.2) is 0 Å². The molecule has 0 unspecified atom stereocenters. The molecule has 0 saturated carbocycles. The number of Topliss-reactive ketones (excluding diaryl/α,β-unsaturated/α-hetero) is 1. The summed E-state index contributed by atoms with van der Waals surface area (Å²) in [6.07, 6.45) is 2.36. The molecule has 110 valence electrons. The average molecular weight is 286 g/mol. The number of fused-ring (bicyclic) bond motifs is 2. The second kappa shape index (κ2) is 5.28. The number of ether oxygens (including phenoxy) is 3. The average Bonchev–Trinajstić information content (AvgIpc) is 2.51. The number of benzene rings is 2. The molecule has 3 rings (SSSR count).